The Morgan fingerprint density at radius 2 is 2.00 bits per heavy atom. The van der Waals surface area contributed by atoms with Gasteiger partial charge in [0.1, 0.15) is 0 Å². The van der Waals surface area contributed by atoms with Crippen LogP contribution in [0, 0.1) is 0 Å². The van der Waals surface area contributed by atoms with E-state index in [2.05, 4.69) is 0 Å². The van der Waals surface area contributed by atoms with E-state index in [4.69, 9.17) is 14.2 Å². The molecule has 94 valence electrons. The van der Waals surface area contributed by atoms with Gasteiger partial charge in [-0.05, 0) is 39.0 Å². The average Bonchev–Trinajstić information content (AvgIpc) is 2.65. The summed E-state index contributed by atoms with van der Waals surface area (Å²) in [6.07, 6.45) is 5.49. The van der Waals surface area contributed by atoms with E-state index in [1.54, 1.807) is 0 Å². The van der Waals surface area contributed by atoms with Gasteiger partial charge >= 0.3 is 0 Å². The Morgan fingerprint density at radius 1 is 1.25 bits per heavy atom. The number of rotatable bonds is 4. The highest BCUT2D eigenvalue weighted by Crippen LogP contribution is 2.27. The van der Waals surface area contributed by atoms with Crippen LogP contribution >= 0.6 is 0 Å². The van der Waals surface area contributed by atoms with Crippen molar-refractivity contribution in [2.45, 2.75) is 63.6 Å². The lowest BCUT2D eigenvalue weighted by atomic mass is 10.0. The van der Waals surface area contributed by atoms with Crippen LogP contribution in [0.4, 0.5) is 0 Å². The molecule has 4 heteroatoms. The lowest BCUT2D eigenvalue weighted by Gasteiger charge is -2.28. The van der Waals surface area contributed by atoms with E-state index < -0.39 is 6.29 Å². The first-order chi connectivity index (χ1) is 7.68. The Hall–Kier alpha value is -0.160. The molecule has 4 nitrogen and oxygen atoms in total. The molecule has 2 aliphatic heterocycles. The Balaban J connectivity index is 1.63. The topological polar surface area (TPSA) is 47.9 Å². The minimum absolute atomic E-state index is 0.216. The highest BCUT2D eigenvalue weighted by Gasteiger charge is 2.30. The van der Waals surface area contributed by atoms with Crippen LogP contribution in [0.5, 0.6) is 0 Å². The highest BCUT2D eigenvalue weighted by molar-refractivity contribution is 4.71. The lowest BCUT2D eigenvalue weighted by molar-refractivity contribution is -0.170. The van der Waals surface area contributed by atoms with E-state index in [1.165, 1.54) is 0 Å². The zero-order valence-electron chi connectivity index (χ0n) is 9.98. The summed E-state index contributed by atoms with van der Waals surface area (Å²) in [4.78, 5) is 0. The highest BCUT2D eigenvalue weighted by atomic mass is 16.7. The molecule has 2 rings (SSSR count). The summed E-state index contributed by atoms with van der Waals surface area (Å²) in [5, 5.41) is 9.37. The van der Waals surface area contributed by atoms with Crippen LogP contribution in [0.1, 0.15) is 45.4 Å². The second-order valence-electron chi connectivity index (χ2n) is 4.87. The van der Waals surface area contributed by atoms with Crippen LogP contribution in [-0.2, 0) is 14.2 Å². The summed E-state index contributed by atoms with van der Waals surface area (Å²) in [6, 6.07) is 0. The van der Waals surface area contributed by atoms with E-state index >= 15 is 0 Å². The smallest absolute Gasteiger partial charge is 0.165 e. The van der Waals surface area contributed by atoms with Gasteiger partial charge in [-0.3, -0.25) is 0 Å². The van der Waals surface area contributed by atoms with E-state index in [1.807, 2.05) is 6.92 Å². The first-order valence-corrected chi connectivity index (χ1v) is 6.29. The first-order valence-electron chi connectivity index (χ1n) is 6.29. The fourth-order valence-electron chi connectivity index (χ4n) is 2.44. The summed E-state index contributed by atoms with van der Waals surface area (Å²) in [5.41, 5.74) is 0. The molecule has 0 bridgehead atoms. The van der Waals surface area contributed by atoms with Crippen molar-refractivity contribution in [2.75, 3.05) is 13.2 Å². The molecule has 1 N–H and O–H groups in total. The third-order valence-electron chi connectivity index (χ3n) is 3.38. The fourth-order valence-corrected chi connectivity index (χ4v) is 2.44. The minimum Gasteiger partial charge on any atom is -0.368 e. The molecule has 2 aliphatic rings. The third-order valence-corrected chi connectivity index (χ3v) is 3.38. The zero-order valence-corrected chi connectivity index (χ0v) is 9.98. The van der Waals surface area contributed by atoms with E-state index in [9.17, 15) is 5.11 Å². The normalized spacial score (nSPS) is 34.1. The molecule has 2 unspecified atom stereocenters. The van der Waals surface area contributed by atoms with Crippen molar-refractivity contribution < 1.29 is 19.3 Å². The molecule has 0 aromatic heterocycles. The van der Waals surface area contributed by atoms with E-state index in [0.29, 0.717) is 13.2 Å². The monoisotopic (exact) mass is 230 g/mol. The number of hydrogen-bond acceptors (Lipinski definition) is 4. The lowest BCUT2D eigenvalue weighted by Crippen LogP contribution is -2.29. The van der Waals surface area contributed by atoms with Crippen LogP contribution in [-0.4, -0.2) is 36.5 Å². The Bertz CT molecular complexity index is 213. The minimum atomic E-state index is -0.548. The molecule has 0 saturated carbocycles. The van der Waals surface area contributed by atoms with Crippen molar-refractivity contribution in [3.05, 3.63) is 0 Å². The van der Waals surface area contributed by atoms with Gasteiger partial charge in [0.25, 0.3) is 0 Å². The van der Waals surface area contributed by atoms with Crippen molar-refractivity contribution >= 4 is 0 Å². The predicted molar refractivity (Wildman–Crippen MR) is 58.9 cm³/mol. The summed E-state index contributed by atoms with van der Waals surface area (Å²) in [7, 11) is 0. The Labute approximate surface area is 96.9 Å². The van der Waals surface area contributed by atoms with Crippen molar-refractivity contribution in [3.63, 3.8) is 0 Å². The predicted octanol–water partition coefficient (Wildman–Crippen LogP) is 1.81. The molecule has 0 spiro atoms. The number of aliphatic hydroxyl groups is 1. The van der Waals surface area contributed by atoms with Crippen molar-refractivity contribution in [2.24, 2.45) is 0 Å². The molecular formula is C12H22O4. The molecule has 2 saturated heterocycles. The molecule has 16 heavy (non-hydrogen) atoms. The molecule has 0 radical (unpaired) electrons. The number of aliphatic hydroxyl groups excluding tert-OH is 1. The van der Waals surface area contributed by atoms with Crippen LogP contribution in [0.25, 0.3) is 0 Å². The summed E-state index contributed by atoms with van der Waals surface area (Å²) in [6.45, 7) is 3.40. The quantitative estimate of drug-likeness (QED) is 0.800. The van der Waals surface area contributed by atoms with Gasteiger partial charge in [-0.1, -0.05) is 0 Å². The van der Waals surface area contributed by atoms with Gasteiger partial charge in [-0.25, -0.2) is 0 Å². The maximum atomic E-state index is 9.37. The van der Waals surface area contributed by atoms with Gasteiger partial charge < -0.3 is 19.3 Å². The molecule has 0 aromatic carbocycles. The Kier molecular flexibility index (Phi) is 4.19. The molecule has 0 amide bonds. The standard InChI is InChI=1S/C12H22O4/c1-12(14-8-9-15-12)7-3-5-10-4-2-6-11(13)16-10/h10-11,13H,2-9H2,1H3. The van der Waals surface area contributed by atoms with Crippen molar-refractivity contribution in [1.82, 2.24) is 0 Å². The van der Waals surface area contributed by atoms with Crippen molar-refractivity contribution in [3.8, 4) is 0 Å². The van der Waals surface area contributed by atoms with Crippen LogP contribution in [0.2, 0.25) is 0 Å². The molecule has 2 fully saturated rings. The van der Waals surface area contributed by atoms with Gasteiger partial charge in [0.2, 0.25) is 0 Å². The molecule has 0 aromatic rings. The van der Waals surface area contributed by atoms with Gasteiger partial charge in [0, 0.05) is 6.42 Å². The Morgan fingerprint density at radius 3 is 2.69 bits per heavy atom. The molecular weight excluding hydrogens is 208 g/mol. The van der Waals surface area contributed by atoms with Crippen LogP contribution < -0.4 is 0 Å². The average molecular weight is 230 g/mol. The second-order valence-corrected chi connectivity index (χ2v) is 4.87. The van der Waals surface area contributed by atoms with Gasteiger partial charge in [0.05, 0.1) is 19.3 Å². The second kappa shape index (κ2) is 5.45. The van der Waals surface area contributed by atoms with Gasteiger partial charge in [-0.2, -0.15) is 0 Å². The number of hydrogen-bond donors (Lipinski definition) is 1. The van der Waals surface area contributed by atoms with Gasteiger partial charge in [-0.15, -0.1) is 0 Å². The molecule has 2 heterocycles. The zero-order chi connectivity index (χ0) is 11.4. The maximum absolute atomic E-state index is 9.37. The first kappa shape index (κ1) is 12.3. The summed E-state index contributed by atoms with van der Waals surface area (Å²) >= 11 is 0. The van der Waals surface area contributed by atoms with Crippen LogP contribution in [0.15, 0.2) is 0 Å². The molecule has 2 atom stereocenters. The summed E-state index contributed by atoms with van der Waals surface area (Å²) in [5.74, 6) is -0.382. The van der Waals surface area contributed by atoms with Crippen LogP contribution in [0.3, 0.4) is 0 Å². The largest absolute Gasteiger partial charge is 0.368 e. The maximum Gasteiger partial charge on any atom is 0.165 e. The van der Waals surface area contributed by atoms with E-state index in [-0.39, 0.29) is 11.9 Å². The van der Waals surface area contributed by atoms with Crippen molar-refractivity contribution in [1.29, 1.82) is 0 Å². The molecule has 0 aliphatic carbocycles. The fraction of sp³-hybridized carbons (Fsp3) is 1.00. The summed E-state index contributed by atoms with van der Waals surface area (Å²) < 4.78 is 16.5. The number of ether oxygens (including phenoxy) is 3. The SMILES string of the molecule is CC1(CCCC2CCCC(O)O2)OCCO1. The van der Waals surface area contributed by atoms with Gasteiger partial charge in [0.15, 0.2) is 12.1 Å². The third kappa shape index (κ3) is 3.42. The van der Waals surface area contributed by atoms with E-state index in [0.717, 1.165) is 38.5 Å².